The number of halogens is 3. The molecular weight excluding hydrogens is 196 g/mol. The number of nitrogens with zero attached hydrogens (tertiary/aromatic N) is 2. The standard InChI is InChI=1S/C4H2Cl3N3/c5-1-2(6)9-4(8)10-3(1)7/h(H2,8,9,10). The molecule has 0 aliphatic rings. The van der Waals surface area contributed by atoms with Crippen LogP contribution in [0, 0.1) is 0 Å². The summed E-state index contributed by atoms with van der Waals surface area (Å²) in [5, 5.41) is 0.260. The minimum atomic E-state index is 0.0133. The van der Waals surface area contributed by atoms with E-state index in [1.54, 1.807) is 0 Å². The lowest BCUT2D eigenvalue weighted by atomic mass is 10.6. The third-order valence-electron chi connectivity index (χ3n) is 0.788. The smallest absolute Gasteiger partial charge is 0.222 e. The third kappa shape index (κ3) is 1.42. The summed E-state index contributed by atoms with van der Waals surface area (Å²) in [6.45, 7) is 0. The first-order valence-electron chi connectivity index (χ1n) is 2.25. The molecular formula is C4H2Cl3N3. The highest BCUT2D eigenvalue weighted by Crippen LogP contribution is 2.26. The monoisotopic (exact) mass is 197 g/mol. The molecule has 54 valence electrons. The summed E-state index contributed by atoms with van der Waals surface area (Å²) < 4.78 is 0. The van der Waals surface area contributed by atoms with Crippen LogP contribution in [-0.2, 0) is 0 Å². The molecule has 6 heteroatoms. The SMILES string of the molecule is Nc1nc(Cl)c(Cl)c(Cl)n1. The maximum atomic E-state index is 5.51. The molecule has 0 radical (unpaired) electrons. The summed E-state index contributed by atoms with van der Waals surface area (Å²) >= 11 is 16.4. The zero-order chi connectivity index (χ0) is 7.72. The van der Waals surface area contributed by atoms with E-state index in [0.717, 1.165) is 0 Å². The zero-order valence-corrected chi connectivity index (χ0v) is 6.87. The molecule has 2 N–H and O–H groups in total. The molecule has 0 amide bonds. The normalized spacial score (nSPS) is 9.90. The predicted molar refractivity (Wildman–Crippen MR) is 41.5 cm³/mol. The Balaban J connectivity index is 3.31. The van der Waals surface area contributed by atoms with Gasteiger partial charge in [0.05, 0.1) is 0 Å². The van der Waals surface area contributed by atoms with Crippen LogP contribution in [0.15, 0.2) is 0 Å². The minimum absolute atomic E-state index is 0.0133. The Morgan fingerprint density at radius 1 is 1.00 bits per heavy atom. The molecule has 0 fully saturated rings. The van der Waals surface area contributed by atoms with Crippen LogP contribution in [0.4, 0.5) is 5.95 Å². The Morgan fingerprint density at radius 2 is 1.40 bits per heavy atom. The first-order chi connectivity index (χ1) is 4.61. The van der Waals surface area contributed by atoms with Crippen molar-refractivity contribution in [3.63, 3.8) is 0 Å². The quantitative estimate of drug-likeness (QED) is 0.649. The largest absolute Gasteiger partial charge is 0.368 e. The van der Waals surface area contributed by atoms with Gasteiger partial charge >= 0.3 is 0 Å². The van der Waals surface area contributed by atoms with Gasteiger partial charge in [0.2, 0.25) is 5.95 Å². The summed E-state index contributed by atoms with van der Waals surface area (Å²) in [6.07, 6.45) is 0. The summed E-state index contributed by atoms with van der Waals surface area (Å²) in [5.74, 6) is 0.0133. The van der Waals surface area contributed by atoms with E-state index in [4.69, 9.17) is 40.5 Å². The van der Waals surface area contributed by atoms with Crippen molar-refractivity contribution in [2.24, 2.45) is 0 Å². The lowest BCUT2D eigenvalue weighted by Gasteiger charge is -1.96. The number of aromatic nitrogens is 2. The fraction of sp³-hybridized carbons (Fsp3) is 0. The van der Waals surface area contributed by atoms with E-state index >= 15 is 0 Å². The number of hydrogen-bond acceptors (Lipinski definition) is 3. The van der Waals surface area contributed by atoms with Crippen LogP contribution in [0.5, 0.6) is 0 Å². The molecule has 10 heavy (non-hydrogen) atoms. The second-order valence-corrected chi connectivity index (χ2v) is 2.57. The molecule has 1 aromatic rings. The van der Waals surface area contributed by atoms with Crippen molar-refractivity contribution in [2.45, 2.75) is 0 Å². The van der Waals surface area contributed by atoms with Crippen LogP contribution in [0.1, 0.15) is 0 Å². The molecule has 0 aliphatic heterocycles. The highest BCUT2D eigenvalue weighted by Gasteiger charge is 2.06. The van der Waals surface area contributed by atoms with Crippen LogP contribution < -0.4 is 5.73 Å². The number of hydrogen-bond donors (Lipinski definition) is 1. The molecule has 1 heterocycles. The van der Waals surface area contributed by atoms with Crippen molar-refractivity contribution in [1.82, 2.24) is 9.97 Å². The molecule has 0 saturated heterocycles. The topological polar surface area (TPSA) is 51.8 Å². The van der Waals surface area contributed by atoms with Gasteiger partial charge in [0.1, 0.15) is 5.02 Å². The summed E-state index contributed by atoms with van der Waals surface area (Å²) in [5.41, 5.74) is 5.18. The summed E-state index contributed by atoms with van der Waals surface area (Å²) in [4.78, 5) is 7.10. The van der Waals surface area contributed by atoms with Crippen molar-refractivity contribution in [3.05, 3.63) is 15.3 Å². The molecule has 0 atom stereocenters. The maximum Gasteiger partial charge on any atom is 0.222 e. The highest BCUT2D eigenvalue weighted by molar-refractivity contribution is 6.46. The Morgan fingerprint density at radius 3 is 1.80 bits per heavy atom. The molecule has 0 spiro atoms. The van der Waals surface area contributed by atoms with Crippen LogP contribution in [0.25, 0.3) is 0 Å². The van der Waals surface area contributed by atoms with Gasteiger partial charge in [-0.15, -0.1) is 0 Å². The van der Waals surface area contributed by atoms with Crippen LogP contribution in [0.3, 0.4) is 0 Å². The van der Waals surface area contributed by atoms with Crippen molar-refractivity contribution < 1.29 is 0 Å². The van der Waals surface area contributed by atoms with Crippen LogP contribution >= 0.6 is 34.8 Å². The van der Waals surface area contributed by atoms with Gasteiger partial charge in [0, 0.05) is 0 Å². The van der Waals surface area contributed by atoms with Crippen LogP contribution in [-0.4, -0.2) is 9.97 Å². The van der Waals surface area contributed by atoms with E-state index in [1.165, 1.54) is 0 Å². The Labute approximate surface area is 72.1 Å². The molecule has 0 aliphatic carbocycles. The summed E-state index contributed by atoms with van der Waals surface area (Å²) in [7, 11) is 0. The highest BCUT2D eigenvalue weighted by atomic mass is 35.5. The molecule has 0 saturated carbocycles. The molecule has 0 aromatic carbocycles. The number of nitrogens with two attached hydrogens (primary N) is 1. The van der Waals surface area contributed by atoms with Gasteiger partial charge < -0.3 is 5.73 Å². The molecule has 0 bridgehead atoms. The predicted octanol–water partition coefficient (Wildman–Crippen LogP) is 2.02. The molecule has 0 unspecified atom stereocenters. The van der Waals surface area contributed by atoms with Gasteiger partial charge in [0.15, 0.2) is 10.3 Å². The average molecular weight is 198 g/mol. The number of nitrogen functional groups attached to an aromatic ring is 1. The lowest BCUT2D eigenvalue weighted by Crippen LogP contribution is -1.95. The fourth-order valence-electron chi connectivity index (χ4n) is 0.409. The minimum Gasteiger partial charge on any atom is -0.368 e. The van der Waals surface area contributed by atoms with E-state index in [0.29, 0.717) is 0 Å². The van der Waals surface area contributed by atoms with Gasteiger partial charge in [-0.3, -0.25) is 0 Å². The first-order valence-corrected chi connectivity index (χ1v) is 3.38. The van der Waals surface area contributed by atoms with Crippen molar-refractivity contribution >= 4 is 40.8 Å². The lowest BCUT2D eigenvalue weighted by molar-refractivity contribution is 1.19. The second-order valence-electron chi connectivity index (χ2n) is 1.48. The fourth-order valence-corrected chi connectivity index (χ4v) is 0.894. The maximum absolute atomic E-state index is 5.51. The molecule has 1 aromatic heterocycles. The van der Waals surface area contributed by atoms with Crippen molar-refractivity contribution in [1.29, 1.82) is 0 Å². The van der Waals surface area contributed by atoms with Crippen LogP contribution in [0.2, 0.25) is 15.3 Å². The Bertz CT molecular complexity index is 239. The number of rotatable bonds is 0. The second kappa shape index (κ2) is 2.78. The van der Waals surface area contributed by atoms with E-state index < -0.39 is 0 Å². The molecule has 1 rings (SSSR count). The molecule has 3 nitrogen and oxygen atoms in total. The van der Waals surface area contributed by atoms with E-state index in [-0.39, 0.29) is 21.3 Å². The van der Waals surface area contributed by atoms with Gasteiger partial charge in [-0.1, -0.05) is 34.8 Å². The van der Waals surface area contributed by atoms with Crippen molar-refractivity contribution in [3.8, 4) is 0 Å². The van der Waals surface area contributed by atoms with E-state index in [9.17, 15) is 0 Å². The Hall–Kier alpha value is -0.250. The summed E-state index contributed by atoms with van der Waals surface area (Å²) in [6, 6.07) is 0. The Kier molecular flexibility index (Phi) is 2.18. The first kappa shape index (κ1) is 7.85. The van der Waals surface area contributed by atoms with Crippen molar-refractivity contribution in [2.75, 3.05) is 5.73 Å². The van der Waals surface area contributed by atoms with E-state index in [2.05, 4.69) is 9.97 Å². The zero-order valence-electron chi connectivity index (χ0n) is 4.61. The third-order valence-corrected chi connectivity index (χ3v) is 1.89. The van der Waals surface area contributed by atoms with Gasteiger partial charge in [-0.2, -0.15) is 9.97 Å². The van der Waals surface area contributed by atoms with Gasteiger partial charge in [-0.25, -0.2) is 0 Å². The van der Waals surface area contributed by atoms with Gasteiger partial charge in [-0.05, 0) is 0 Å². The average Bonchev–Trinajstić information content (AvgIpc) is 1.82. The van der Waals surface area contributed by atoms with E-state index in [1.807, 2.05) is 0 Å². The number of anilines is 1. The van der Waals surface area contributed by atoms with Gasteiger partial charge in [0.25, 0.3) is 0 Å².